The Hall–Kier alpha value is -3.99. The number of ether oxygens (including phenoxy) is 1. The van der Waals surface area contributed by atoms with Crippen LogP contribution in [-0.2, 0) is 4.79 Å². The summed E-state index contributed by atoms with van der Waals surface area (Å²) in [6.45, 7) is 2.65. The van der Waals surface area contributed by atoms with E-state index < -0.39 is 0 Å². The highest BCUT2D eigenvalue weighted by atomic mass is 16.5. The average molecular weight is 388 g/mol. The second kappa shape index (κ2) is 9.28. The monoisotopic (exact) mass is 388 g/mol. The predicted octanol–water partition coefficient (Wildman–Crippen LogP) is 3.09. The molecule has 1 N–H and O–H groups in total. The molecule has 3 aromatic rings. The van der Waals surface area contributed by atoms with E-state index in [-0.39, 0.29) is 5.91 Å². The molecule has 0 aliphatic heterocycles. The van der Waals surface area contributed by atoms with Crippen molar-refractivity contribution >= 4 is 11.7 Å². The first-order valence-corrected chi connectivity index (χ1v) is 8.97. The summed E-state index contributed by atoms with van der Waals surface area (Å²) in [5.41, 5.74) is 2.26. The number of likely N-dealkylation sites (N-methyl/N-ethyl adjacent to an activating group) is 1. The summed E-state index contributed by atoms with van der Waals surface area (Å²) in [5.74, 6) is 1.57. The lowest BCUT2D eigenvalue weighted by atomic mass is 10.1. The SMILES string of the molecule is CC(=O)N(C)CCNc1cncc(Oc2ccc(-c3ccc(C#N)nc3)cc2)n1. The van der Waals surface area contributed by atoms with Crippen molar-refractivity contribution in [2.75, 3.05) is 25.5 Å². The van der Waals surface area contributed by atoms with E-state index in [1.54, 1.807) is 30.4 Å². The van der Waals surface area contributed by atoms with E-state index in [0.717, 1.165) is 11.1 Å². The van der Waals surface area contributed by atoms with Gasteiger partial charge < -0.3 is 15.0 Å². The third-order valence-corrected chi connectivity index (χ3v) is 4.19. The lowest BCUT2D eigenvalue weighted by molar-refractivity contribution is -0.127. The summed E-state index contributed by atoms with van der Waals surface area (Å²) >= 11 is 0. The van der Waals surface area contributed by atoms with E-state index in [1.165, 1.54) is 13.1 Å². The summed E-state index contributed by atoms with van der Waals surface area (Å²) in [7, 11) is 1.74. The van der Waals surface area contributed by atoms with Crippen molar-refractivity contribution in [1.82, 2.24) is 19.9 Å². The molecule has 29 heavy (non-hydrogen) atoms. The van der Waals surface area contributed by atoms with Crippen LogP contribution in [0.1, 0.15) is 12.6 Å². The molecule has 2 heterocycles. The summed E-state index contributed by atoms with van der Waals surface area (Å²) in [6, 6.07) is 13.0. The molecule has 3 rings (SSSR count). The topological polar surface area (TPSA) is 104 Å². The number of hydrogen-bond donors (Lipinski definition) is 1. The Morgan fingerprint density at radius 1 is 1.14 bits per heavy atom. The van der Waals surface area contributed by atoms with E-state index in [9.17, 15) is 4.79 Å². The lowest BCUT2D eigenvalue weighted by Gasteiger charge is -2.15. The fraction of sp³-hybridized carbons (Fsp3) is 0.190. The highest BCUT2D eigenvalue weighted by Gasteiger charge is 2.05. The van der Waals surface area contributed by atoms with E-state index in [4.69, 9.17) is 10.00 Å². The molecule has 2 aromatic heterocycles. The number of aromatic nitrogens is 3. The molecule has 0 fully saturated rings. The van der Waals surface area contributed by atoms with Gasteiger partial charge in [0.05, 0.1) is 12.4 Å². The number of carbonyl (C=O) groups is 1. The zero-order valence-corrected chi connectivity index (χ0v) is 16.2. The first-order valence-electron chi connectivity index (χ1n) is 8.97. The molecule has 8 nitrogen and oxygen atoms in total. The number of amides is 1. The van der Waals surface area contributed by atoms with Gasteiger partial charge in [0, 0.05) is 38.8 Å². The van der Waals surface area contributed by atoms with Crippen LogP contribution in [0.15, 0.2) is 55.0 Å². The van der Waals surface area contributed by atoms with Crippen LogP contribution in [0.5, 0.6) is 11.6 Å². The van der Waals surface area contributed by atoms with Crippen molar-refractivity contribution < 1.29 is 9.53 Å². The molecule has 1 amide bonds. The van der Waals surface area contributed by atoms with Gasteiger partial charge in [-0.05, 0) is 29.8 Å². The number of nitrogens with zero attached hydrogens (tertiary/aromatic N) is 5. The van der Waals surface area contributed by atoms with Gasteiger partial charge in [0.25, 0.3) is 0 Å². The van der Waals surface area contributed by atoms with Crippen LogP contribution in [0.3, 0.4) is 0 Å². The minimum absolute atomic E-state index is 0.00945. The number of nitriles is 1. The van der Waals surface area contributed by atoms with Crippen LogP contribution in [0.4, 0.5) is 5.82 Å². The lowest BCUT2D eigenvalue weighted by Crippen LogP contribution is -2.29. The minimum Gasteiger partial charge on any atom is -0.437 e. The highest BCUT2D eigenvalue weighted by Crippen LogP contribution is 2.25. The molecular formula is C21H20N6O2. The first-order chi connectivity index (χ1) is 14.0. The number of hydrogen-bond acceptors (Lipinski definition) is 7. The smallest absolute Gasteiger partial charge is 0.239 e. The summed E-state index contributed by atoms with van der Waals surface area (Å²) in [5, 5.41) is 11.9. The Labute approximate surface area is 168 Å². The van der Waals surface area contributed by atoms with Gasteiger partial charge in [-0.15, -0.1) is 0 Å². The Bertz CT molecular complexity index is 1010. The molecule has 0 saturated heterocycles. The molecule has 0 radical (unpaired) electrons. The molecule has 0 unspecified atom stereocenters. The number of anilines is 1. The van der Waals surface area contributed by atoms with Crippen LogP contribution in [0.25, 0.3) is 11.1 Å². The van der Waals surface area contributed by atoms with Gasteiger partial charge in [0.2, 0.25) is 11.8 Å². The van der Waals surface area contributed by atoms with Gasteiger partial charge in [-0.3, -0.25) is 9.78 Å². The molecule has 0 spiro atoms. The standard InChI is InChI=1S/C21H20N6O2/c1-15(28)27(2)10-9-24-20-13-23-14-21(26-20)29-19-7-4-16(5-8-19)17-3-6-18(11-22)25-12-17/h3-8,12-14H,9-10H2,1-2H3,(H,24,26). The Balaban J connectivity index is 1.61. The number of rotatable bonds is 7. The van der Waals surface area contributed by atoms with Crippen LogP contribution in [0.2, 0.25) is 0 Å². The van der Waals surface area contributed by atoms with Crippen LogP contribution < -0.4 is 10.1 Å². The Kier molecular flexibility index (Phi) is 6.32. The summed E-state index contributed by atoms with van der Waals surface area (Å²) < 4.78 is 5.78. The molecule has 0 bridgehead atoms. The van der Waals surface area contributed by atoms with Gasteiger partial charge in [0.1, 0.15) is 23.3 Å². The second-order valence-electron chi connectivity index (χ2n) is 6.28. The molecule has 0 aliphatic carbocycles. The number of carbonyl (C=O) groups excluding carboxylic acids is 1. The van der Waals surface area contributed by atoms with Gasteiger partial charge in [0.15, 0.2) is 0 Å². The maximum absolute atomic E-state index is 11.2. The molecule has 0 atom stereocenters. The third kappa shape index (κ3) is 5.49. The van der Waals surface area contributed by atoms with Crippen molar-refractivity contribution in [3.63, 3.8) is 0 Å². The fourth-order valence-electron chi connectivity index (χ4n) is 2.46. The third-order valence-electron chi connectivity index (χ3n) is 4.19. The maximum atomic E-state index is 11.2. The largest absolute Gasteiger partial charge is 0.437 e. The van der Waals surface area contributed by atoms with E-state index in [1.807, 2.05) is 36.4 Å². The minimum atomic E-state index is 0.00945. The van der Waals surface area contributed by atoms with Crippen molar-refractivity contribution in [3.8, 4) is 28.8 Å². The van der Waals surface area contributed by atoms with E-state index in [0.29, 0.717) is 36.2 Å². The molecule has 146 valence electrons. The number of pyridine rings is 1. The Morgan fingerprint density at radius 2 is 1.90 bits per heavy atom. The van der Waals surface area contributed by atoms with Crippen molar-refractivity contribution in [3.05, 3.63) is 60.7 Å². The quantitative estimate of drug-likeness (QED) is 0.663. The zero-order chi connectivity index (χ0) is 20.6. The summed E-state index contributed by atoms with van der Waals surface area (Å²) in [6.07, 6.45) is 4.80. The predicted molar refractivity (Wildman–Crippen MR) is 108 cm³/mol. The maximum Gasteiger partial charge on any atom is 0.239 e. The average Bonchev–Trinajstić information content (AvgIpc) is 2.74. The van der Waals surface area contributed by atoms with Crippen LogP contribution >= 0.6 is 0 Å². The zero-order valence-electron chi connectivity index (χ0n) is 16.2. The first kappa shape index (κ1) is 19.8. The Morgan fingerprint density at radius 3 is 2.55 bits per heavy atom. The highest BCUT2D eigenvalue weighted by molar-refractivity contribution is 5.72. The van der Waals surface area contributed by atoms with Crippen LogP contribution in [0, 0.1) is 11.3 Å². The fourth-order valence-corrected chi connectivity index (χ4v) is 2.46. The molecular weight excluding hydrogens is 368 g/mol. The van der Waals surface area contributed by atoms with Crippen molar-refractivity contribution in [2.45, 2.75) is 6.92 Å². The molecule has 8 heteroatoms. The van der Waals surface area contributed by atoms with Gasteiger partial charge in [-0.25, -0.2) is 4.98 Å². The van der Waals surface area contributed by atoms with Crippen LogP contribution in [-0.4, -0.2) is 45.9 Å². The summed E-state index contributed by atoms with van der Waals surface area (Å²) in [4.78, 5) is 25.4. The molecule has 0 saturated carbocycles. The number of benzene rings is 1. The van der Waals surface area contributed by atoms with E-state index >= 15 is 0 Å². The molecule has 0 aliphatic rings. The molecule has 1 aromatic carbocycles. The number of nitrogens with one attached hydrogen (secondary N) is 1. The van der Waals surface area contributed by atoms with Crippen molar-refractivity contribution in [1.29, 1.82) is 5.26 Å². The van der Waals surface area contributed by atoms with Crippen molar-refractivity contribution in [2.24, 2.45) is 0 Å². The normalized spacial score (nSPS) is 10.1. The van der Waals surface area contributed by atoms with Gasteiger partial charge >= 0.3 is 0 Å². The van der Waals surface area contributed by atoms with Gasteiger partial charge in [-0.2, -0.15) is 10.2 Å². The second-order valence-corrected chi connectivity index (χ2v) is 6.28. The van der Waals surface area contributed by atoms with Gasteiger partial charge in [-0.1, -0.05) is 12.1 Å². The van der Waals surface area contributed by atoms with E-state index in [2.05, 4.69) is 20.3 Å².